The molecular formula is C8H11FN2O. The first kappa shape index (κ1) is 8.90. The zero-order valence-electron chi connectivity index (χ0n) is 7.34. The van der Waals surface area contributed by atoms with Crippen molar-refractivity contribution in [2.45, 2.75) is 20.0 Å². The van der Waals surface area contributed by atoms with Gasteiger partial charge in [0.15, 0.2) is 12.0 Å². The second-order valence-electron chi connectivity index (χ2n) is 2.73. The van der Waals surface area contributed by atoms with Crippen LogP contribution in [0, 0.1) is 0 Å². The van der Waals surface area contributed by atoms with E-state index in [1.165, 1.54) is 24.6 Å². The molecule has 0 amide bonds. The topological polar surface area (TPSA) is 34.9 Å². The van der Waals surface area contributed by atoms with Crippen molar-refractivity contribution in [2.75, 3.05) is 0 Å². The molecule has 0 saturated heterocycles. The lowest BCUT2D eigenvalue weighted by Crippen LogP contribution is -2.05. The zero-order valence-corrected chi connectivity index (χ0v) is 7.34. The highest BCUT2D eigenvalue weighted by Crippen LogP contribution is 2.15. The van der Waals surface area contributed by atoms with Gasteiger partial charge in [0.25, 0.3) is 0 Å². The summed E-state index contributed by atoms with van der Waals surface area (Å²) >= 11 is 0. The van der Waals surface area contributed by atoms with E-state index in [-0.39, 0.29) is 5.78 Å². The second kappa shape index (κ2) is 3.05. The van der Waals surface area contributed by atoms with Crippen molar-refractivity contribution in [2.24, 2.45) is 7.05 Å². The maximum absolute atomic E-state index is 12.8. The lowest BCUT2D eigenvalue weighted by molar-refractivity contribution is 0.100. The predicted molar refractivity (Wildman–Crippen MR) is 42.7 cm³/mol. The predicted octanol–water partition coefficient (Wildman–Crippen LogP) is 1.65. The third-order valence-electron chi connectivity index (χ3n) is 1.74. The van der Waals surface area contributed by atoms with E-state index >= 15 is 0 Å². The third-order valence-corrected chi connectivity index (χ3v) is 1.74. The second-order valence-corrected chi connectivity index (χ2v) is 2.73. The Balaban J connectivity index is 3.13. The number of nitrogens with zero attached hydrogens (tertiary/aromatic N) is 2. The van der Waals surface area contributed by atoms with E-state index in [0.717, 1.165) is 0 Å². The van der Waals surface area contributed by atoms with Crippen molar-refractivity contribution >= 4 is 5.78 Å². The number of halogens is 1. The maximum atomic E-state index is 12.8. The summed E-state index contributed by atoms with van der Waals surface area (Å²) in [6, 6.07) is 0. The molecule has 1 unspecified atom stereocenters. The van der Waals surface area contributed by atoms with Crippen molar-refractivity contribution in [3.63, 3.8) is 0 Å². The highest BCUT2D eigenvalue weighted by molar-refractivity contribution is 5.92. The van der Waals surface area contributed by atoms with Crippen LogP contribution in [0.4, 0.5) is 4.39 Å². The van der Waals surface area contributed by atoms with E-state index in [9.17, 15) is 9.18 Å². The van der Waals surface area contributed by atoms with Crippen LogP contribution in [-0.2, 0) is 7.05 Å². The van der Waals surface area contributed by atoms with E-state index in [2.05, 4.69) is 4.98 Å². The lowest BCUT2D eigenvalue weighted by Gasteiger charge is -2.03. The van der Waals surface area contributed by atoms with Crippen LogP contribution in [-0.4, -0.2) is 15.3 Å². The van der Waals surface area contributed by atoms with Crippen molar-refractivity contribution in [3.8, 4) is 0 Å². The van der Waals surface area contributed by atoms with Crippen LogP contribution in [0.25, 0.3) is 0 Å². The summed E-state index contributed by atoms with van der Waals surface area (Å²) in [6.45, 7) is 2.83. The maximum Gasteiger partial charge on any atom is 0.177 e. The van der Waals surface area contributed by atoms with Gasteiger partial charge in [-0.15, -0.1) is 0 Å². The van der Waals surface area contributed by atoms with Gasteiger partial charge in [0.2, 0.25) is 0 Å². The van der Waals surface area contributed by atoms with Crippen molar-refractivity contribution < 1.29 is 9.18 Å². The van der Waals surface area contributed by atoms with Gasteiger partial charge in [-0.1, -0.05) is 0 Å². The number of alkyl halides is 1. The number of imidazole rings is 1. The van der Waals surface area contributed by atoms with Crippen LogP contribution in [0.15, 0.2) is 6.20 Å². The summed E-state index contributed by atoms with van der Waals surface area (Å²) in [6.07, 6.45) is 0.261. The highest BCUT2D eigenvalue weighted by atomic mass is 19.1. The standard InChI is InChI=1S/C8H11FN2O/c1-5(9)8-10-4-7(6(2)12)11(8)3/h4-5H,1-3H3. The summed E-state index contributed by atoms with van der Waals surface area (Å²) in [7, 11) is 1.63. The molecule has 0 aliphatic carbocycles. The van der Waals surface area contributed by atoms with E-state index < -0.39 is 6.17 Å². The molecule has 0 aliphatic heterocycles. The molecule has 3 nitrogen and oxygen atoms in total. The molecule has 1 aromatic rings. The number of aromatic nitrogens is 2. The normalized spacial score (nSPS) is 13.0. The van der Waals surface area contributed by atoms with E-state index in [1.807, 2.05) is 0 Å². The van der Waals surface area contributed by atoms with Gasteiger partial charge in [-0.2, -0.15) is 0 Å². The Morgan fingerprint density at radius 2 is 2.33 bits per heavy atom. The molecule has 1 atom stereocenters. The quantitative estimate of drug-likeness (QED) is 0.632. The summed E-state index contributed by atoms with van der Waals surface area (Å²) < 4.78 is 14.3. The number of hydrogen-bond acceptors (Lipinski definition) is 2. The van der Waals surface area contributed by atoms with Gasteiger partial charge >= 0.3 is 0 Å². The minimum atomic E-state index is -1.14. The summed E-state index contributed by atoms with van der Waals surface area (Å²) in [4.78, 5) is 14.7. The molecule has 0 aromatic carbocycles. The van der Waals surface area contributed by atoms with Crippen LogP contribution in [0.3, 0.4) is 0 Å². The summed E-state index contributed by atoms with van der Waals surface area (Å²) in [5, 5.41) is 0. The fourth-order valence-corrected chi connectivity index (χ4v) is 1.12. The van der Waals surface area contributed by atoms with Gasteiger partial charge in [0.05, 0.1) is 6.20 Å². The average molecular weight is 170 g/mol. The number of rotatable bonds is 2. The Kier molecular flexibility index (Phi) is 2.26. The Hall–Kier alpha value is -1.19. The van der Waals surface area contributed by atoms with Crippen molar-refractivity contribution in [1.29, 1.82) is 0 Å². The molecule has 0 spiro atoms. The van der Waals surface area contributed by atoms with Crippen LogP contribution >= 0.6 is 0 Å². The smallest absolute Gasteiger partial charge is 0.177 e. The van der Waals surface area contributed by atoms with Crippen molar-refractivity contribution in [3.05, 3.63) is 17.7 Å². The first-order valence-corrected chi connectivity index (χ1v) is 3.70. The van der Waals surface area contributed by atoms with Gasteiger partial charge in [-0.25, -0.2) is 9.37 Å². The molecular weight excluding hydrogens is 159 g/mol. The van der Waals surface area contributed by atoms with Gasteiger partial charge in [-0.05, 0) is 6.92 Å². The molecule has 4 heteroatoms. The molecule has 1 rings (SSSR count). The number of carbonyl (C=O) groups excluding carboxylic acids is 1. The van der Waals surface area contributed by atoms with Crippen molar-refractivity contribution in [1.82, 2.24) is 9.55 Å². The molecule has 0 aliphatic rings. The Morgan fingerprint density at radius 3 is 2.58 bits per heavy atom. The van der Waals surface area contributed by atoms with E-state index in [1.54, 1.807) is 7.05 Å². The molecule has 0 saturated carbocycles. The largest absolute Gasteiger partial charge is 0.326 e. The van der Waals surface area contributed by atoms with Gasteiger partial charge in [-0.3, -0.25) is 4.79 Å². The first-order valence-electron chi connectivity index (χ1n) is 3.70. The minimum Gasteiger partial charge on any atom is -0.326 e. The van der Waals surface area contributed by atoms with Crippen LogP contribution in [0.1, 0.15) is 36.3 Å². The molecule has 0 N–H and O–H groups in total. The SMILES string of the molecule is CC(=O)c1cnc(C(C)F)n1C. The first-order chi connectivity index (χ1) is 5.54. The van der Waals surface area contributed by atoms with E-state index in [4.69, 9.17) is 0 Å². The van der Waals surface area contributed by atoms with Gasteiger partial charge < -0.3 is 4.57 Å². The minimum absolute atomic E-state index is 0.100. The fourth-order valence-electron chi connectivity index (χ4n) is 1.12. The number of Topliss-reactive ketones (excluding diaryl/α,β-unsaturated/α-hetero) is 1. The van der Waals surface area contributed by atoms with Crippen LogP contribution in [0.2, 0.25) is 0 Å². The zero-order chi connectivity index (χ0) is 9.30. The number of ketones is 1. The summed E-state index contributed by atoms with van der Waals surface area (Å²) in [5.74, 6) is 0.192. The highest BCUT2D eigenvalue weighted by Gasteiger charge is 2.14. The molecule has 66 valence electrons. The average Bonchev–Trinajstić information content (AvgIpc) is 2.30. The Labute approximate surface area is 70.2 Å². The lowest BCUT2D eigenvalue weighted by atomic mass is 10.3. The molecule has 0 radical (unpaired) electrons. The van der Waals surface area contributed by atoms with Gasteiger partial charge in [0, 0.05) is 14.0 Å². The van der Waals surface area contributed by atoms with E-state index in [0.29, 0.717) is 11.5 Å². The molecule has 1 heterocycles. The fraction of sp³-hybridized carbons (Fsp3) is 0.500. The Bertz CT molecular complexity index is 304. The number of hydrogen-bond donors (Lipinski definition) is 0. The molecule has 1 aromatic heterocycles. The molecule has 0 bridgehead atoms. The van der Waals surface area contributed by atoms with Crippen LogP contribution in [0.5, 0.6) is 0 Å². The molecule has 12 heavy (non-hydrogen) atoms. The van der Waals surface area contributed by atoms with Crippen LogP contribution < -0.4 is 0 Å². The monoisotopic (exact) mass is 170 g/mol. The molecule has 0 fully saturated rings. The third kappa shape index (κ3) is 1.37. The summed E-state index contributed by atoms with van der Waals surface area (Å²) in [5.41, 5.74) is 0.439. The Morgan fingerprint density at radius 1 is 1.75 bits per heavy atom. The number of carbonyl (C=O) groups is 1. The van der Waals surface area contributed by atoms with Gasteiger partial charge in [0.1, 0.15) is 11.5 Å².